The number of thiophene rings is 1. The smallest absolute Gasteiger partial charge is 0.191 e. The third-order valence-corrected chi connectivity index (χ3v) is 4.52. The lowest BCUT2D eigenvalue weighted by Gasteiger charge is -2.12. The number of hydrogen-bond acceptors (Lipinski definition) is 4. The van der Waals surface area contributed by atoms with Crippen molar-refractivity contribution in [3.63, 3.8) is 0 Å². The van der Waals surface area contributed by atoms with E-state index in [1.54, 1.807) is 25.5 Å². The summed E-state index contributed by atoms with van der Waals surface area (Å²) in [7, 11) is 3.49. The summed E-state index contributed by atoms with van der Waals surface area (Å²) in [5.41, 5.74) is 1.16. The van der Waals surface area contributed by atoms with E-state index in [4.69, 9.17) is 9.47 Å². The van der Waals surface area contributed by atoms with Gasteiger partial charge in [-0.25, -0.2) is 0 Å². The Kier molecular flexibility index (Phi) is 8.86. The lowest BCUT2D eigenvalue weighted by molar-refractivity contribution is 0.172. The molecule has 1 aromatic heterocycles. The van der Waals surface area contributed by atoms with E-state index < -0.39 is 0 Å². The predicted molar refractivity (Wildman–Crippen MR) is 105 cm³/mol. The Bertz CT molecular complexity index is 629. The number of aliphatic imine (C=N–C) groups is 1. The minimum absolute atomic E-state index is 0.663. The average Bonchev–Trinajstić information content (AvgIpc) is 3.15. The van der Waals surface area contributed by atoms with Crippen molar-refractivity contribution in [2.45, 2.75) is 19.4 Å². The Hall–Kier alpha value is -2.05. The molecule has 0 amide bonds. The van der Waals surface area contributed by atoms with Crippen LogP contribution in [0.25, 0.3) is 0 Å². The number of hydrogen-bond donors (Lipinski definition) is 2. The number of benzene rings is 1. The second-order valence-electron chi connectivity index (χ2n) is 5.52. The molecule has 0 saturated carbocycles. The van der Waals surface area contributed by atoms with Gasteiger partial charge in [0.25, 0.3) is 0 Å². The maximum Gasteiger partial charge on any atom is 0.191 e. The molecular formula is C19H27N3O2S. The van der Waals surface area contributed by atoms with E-state index in [1.165, 1.54) is 4.88 Å². The van der Waals surface area contributed by atoms with E-state index in [0.717, 1.165) is 36.7 Å². The van der Waals surface area contributed by atoms with Crippen LogP contribution >= 0.6 is 11.3 Å². The summed E-state index contributed by atoms with van der Waals surface area (Å²) in [5, 5.41) is 8.78. The van der Waals surface area contributed by atoms with E-state index in [2.05, 4.69) is 45.3 Å². The van der Waals surface area contributed by atoms with Gasteiger partial charge >= 0.3 is 0 Å². The first-order valence-electron chi connectivity index (χ1n) is 8.49. The molecule has 136 valence electrons. The molecule has 2 aromatic rings. The summed E-state index contributed by atoms with van der Waals surface area (Å²) in [6, 6.07) is 12.4. The normalized spacial score (nSPS) is 11.4. The van der Waals surface area contributed by atoms with E-state index >= 15 is 0 Å². The van der Waals surface area contributed by atoms with Gasteiger partial charge in [-0.15, -0.1) is 11.3 Å². The zero-order valence-corrected chi connectivity index (χ0v) is 15.8. The molecule has 1 aromatic carbocycles. The van der Waals surface area contributed by atoms with Crippen LogP contribution in [0.5, 0.6) is 5.75 Å². The molecular weight excluding hydrogens is 334 g/mol. The third kappa shape index (κ3) is 7.58. The lowest BCUT2D eigenvalue weighted by Crippen LogP contribution is -2.37. The molecule has 0 atom stereocenters. The molecule has 0 fully saturated rings. The van der Waals surface area contributed by atoms with Crippen LogP contribution in [0.2, 0.25) is 0 Å². The zero-order chi connectivity index (χ0) is 17.7. The Balaban J connectivity index is 1.72. The number of nitrogens with one attached hydrogen (secondary N) is 2. The Labute approximate surface area is 154 Å². The second-order valence-corrected chi connectivity index (χ2v) is 6.56. The quantitative estimate of drug-likeness (QED) is 0.388. The van der Waals surface area contributed by atoms with E-state index in [-0.39, 0.29) is 0 Å². The fourth-order valence-corrected chi connectivity index (χ4v) is 3.01. The van der Waals surface area contributed by atoms with Crippen molar-refractivity contribution >= 4 is 17.3 Å². The SMILES string of the molecule is CN=C(NCCc1cccs1)NCc1cccc(OCCCOC)c1. The summed E-state index contributed by atoms with van der Waals surface area (Å²) < 4.78 is 10.8. The summed E-state index contributed by atoms with van der Waals surface area (Å²) in [4.78, 5) is 5.64. The molecule has 0 saturated heterocycles. The minimum atomic E-state index is 0.663. The van der Waals surface area contributed by atoms with Crippen LogP contribution < -0.4 is 15.4 Å². The number of nitrogens with zero attached hydrogens (tertiary/aromatic N) is 1. The van der Waals surface area contributed by atoms with Crippen LogP contribution in [-0.2, 0) is 17.7 Å². The van der Waals surface area contributed by atoms with Crippen molar-refractivity contribution in [2.75, 3.05) is 33.9 Å². The molecule has 0 aliphatic rings. The summed E-state index contributed by atoms with van der Waals surface area (Å²) in [6.45, 7) is 2.95. The first-order chi connectivity index (χ1) is 12.3. The van der Waals surface area contributed by atoms with Crippen LogP contribution in [0.15, 0.2) is 46.8 Å². The van der Waals surface area contributed by atoms with Crippen molar-refractivity contribution in [3.8, 4) is 5.75 Å². The molecule has 6 heteroatoms. The highest BCUT2D eigenvalue weighted by Crippen LogP contribution is 2.13. The average molecular weight is 362 g/mol. The molecule has 0 radical (unpaired) electrons. The number of ether oxygens (including phenoxy) is 2. The van der Waals surface area contributed by atoms with Crippen LogP contribution in [0.1, 0.15) is 16.9 Å². The third-order valence-electron chi connectivity index (χ3n) is 3.59. The first kappa shape index (κ1) is 19.3. The molecule has 0 unspecified atom stereocenters. The van der Waals surface area contributed by atoms with Crippen LogP contribution in [0, 0.1) is 0 Å². The van der Waals surface area contributed by atoms with Gasteiger partial charge in [-0.1, -0.05) is 18.2 Å². The highest BCUT2D eigenvalue weighted by molar-refractivity contribution is 7.09. The number of guanidine groups is 1. The maximum atomic E-state index is 5.74. The fraction of sp³-hybridized carbons (Fsp3) is 0.421. The highest BCUT2D eigenvalue weighted by atomic mass is 32.1. The van der Waals surface area contributed by atoms with E-state index in [1.807, 2.05) is 12.1 Å². The van der Waals surface area contributed by atoms with Crippen molar-refractivity contribution in [1.82, 2.24) is 10.6 Å². The van der Waals surface area contributed by atoms with Crippen molar-refractivity contribution in [1.29, 1.82) is 0 Å². The van der Waals surface area contributed by atoms with Crippen molar-refractivity contribution < 1.29 is 9.47 Å². The Morgan fingerprint density at radius 2 is 2.08 bits per heavy atom. The monoisotopic (exact) mass is 361 g/mol. The van der Waals surface area contributed by atoms with Gasteiger partial charge in [0.05, 0.1) is 6.61 Å². The van der Waals surface area contributed by atoms with Gasteiger partial charge in [0, 0.05) is 45.2 Å². The van der Waals surface area contributed by atoms with Gasteiger partial charge in [-0.05, 0) is 35.6 Å². The van der Waals surface area contributed by atoms with E-state index in [0.29, 0.717) is 19.8 Å². The highest BCUT2D eigenvalue weighted by Gasteiger charge is 2.01. The van der Waals surface area contributed by atoms with Gasteiger partial charge in [-0.2, -0.15) is 0 Å². The number of methoxy groups -OCH3 is 1. The topological polar surface area (TPSA) is 54.9 Å². The van der Waals surface area contributed by atoms with Gasteiger partial charge < -0.3 is 20.1 Å². The largest absolute Gasteiger partial charge is 0.493 e. The molecule has 0 spiro atoms. The maximum absolute atomic E-state index is 5.74. The standard InChI is InChI=1S/C19H27N3O2S/c1-20-19(21-10-9-18-8-4-13-25-18)22-15-16-6-3-7-17(14-16)24-12-5-11-23-2/h3-4,6-8,13-14H,5,9-12,15H2,1-2H3,(H2,20,21,22). The minimum Gasteiger partial charge on any atom is -0.493 e. The number of rotatable bonds is 10. The molecule has 2 N–H and O–H groups in total. The Morgan fingerprint density at radius 1 is 1.16 bits per heavy atom. The Morgan fingerprint density at radius 3 is 2.84 bits per heavy atom. The van der Waals surface area contributed by atoms with Crippen molar-refractivity contribution in [3.05, 3.63) is 52.2 Å². The molecule has 0 aliphatic carbocycles. The second kappa shape index (κ2) is 11.5. The van der Waals surface area contributed by atoms with Crippen LogP contribution in [0.4, 0.5) is 0 Å². The molecule has 25 heavy (non-hydrogen) atoms. The predicted octanol–water partition coefficient (Wildman–Crippen LogP) is 3.07. The lowest BCUT2D eigenvalue weighted by atomic mass is 10.2. The van der Waals surface area contributed by atoms with Crippen LogP contribution in [0.3, 0.4) is 0 Å². The van der Waals surface area contributed by atoms with Crippen molar-refractivity contribution in [2.24, 2.45) is 4.99 Å². The molecule has 0 aliphatic heterocycles. The fourth-order valence-electron chi connectivity index (χ4n) is 2.30. The summed E-state index contributed by atoms with van der Waals surface area (Å²) in [6.07, 6.45) is 1.89. The summed E-state index contributed by atoms with van der Waals surface area (Å²) in [5.74, 6) is 1.69. The van der Waals surface area contributed by atoms with Crippen LogP contribution in [-0.4, -0.2) is 39.9 Å². The van der Waals surface area contributed by atoms with Gasteiger partial charge in [0.2, 0.25) is 0 Å². The molecule has 1 heterocycles. The molecule has 2 rings (SSSR count). The molecule has 5 nitrogen and oxygen atoms in total. The molecule has 0 bridgehead atoms. The van der Waals surface area contributed by atoms with Gasteiger partial charge in [0.1, 0.15) is 5.75 Å². The van der Waals surface area contributed by atoms with Gasteiger partial charge in [-0.3, -0.25) is 4.99 Å². The van der Waals surface area contributed by atoms with Gasteiger partial charge in [0.15, 0.2) is 5.96 Å². The first-order valence-corrected chi connectivity index (χ1v) is 9.37. The zero-order valence-electron chi connectivity index (χ0n) is 15.0. The summed E-state index contributed by atoms with van der Waals surface area (Å²) >= 11 is 1.78. The van der Waals surface area contributed by atoms with E-state index in [9.17, 15) is 0 Å².